The number of fused-ring (bicyclic) bond motifs is 1. The van der Waals surface area contributed by atoms with Crippen LogP contribution in [0.5, 0.6) is 11.5 Å². The normalized spacial score (nSPS) is 10.8. The maximum atomic E-state index is 13.0. The van der Waals surface area contributed by atoms with E-state index in [0.29, 0.717) is 27.6 Å². The standard InChI is InChI=1S/C18H18N2O3S/c1-9-7-10(2)20-18-14(9)15(19)17(24-18)16(21)12-6-5-11(22-3)8-13(12)23-4/h5-8H,19H2,1-4H3. The van der Waals surface area contributed by atoms with E-state index in [-0.39, 0.29) is 5.78 Å². The van der Waals surface area contributed by atoms with Crippen molar-refractivity contribution in [2.75, 3.05) is 20.0 Å². The summed E-state index contributed by atoms with van der Waals surface area (Å²) in [7, 11) is 3.09. The molecule has 2 heterocycles. The van der Waals surface area contributed by atoms with Crippen molar-refractivity contribution in [3.8, 4) is 11.5 Å². The van der Waals surface area contributed by atoms with Gasteiger partial charge >= 0.3 is 0 Å². The number of ketones is 1. The summed E-state index contributed by atoms with van der Waals surface area (Å²) in [6.45, 7) is 3.90. The van der Waals surface area contributed by atoms with E-state index in [4.69, 9.17) is 15.2 Å². The fourth-order valence-electron chi connectivity index (χ4n) is 2.75. The van der Waals surface area contributed by atoms with Crippen LogP contribution >= 0.6 is 11.3 Å². The molecular formula is C18H18N2O3S. The molecule has 0 unspecified atom stereocenters. The molecule has 1 aromatic carbocycles. The van der Waals surface area contributed by atoms with E-state index < -0.39 is 0 Å². The number of aromatic nitrogens is 1. The number of thiophene rings is 1. The maximum Gasteiger partial charge on any atom is 0.208 e. The van der Waals surface area contributed by atoms with Crippen LogP contribution in [0.25, 0.3) is 10.2 Å². The summed E-state index contributed by atoms with van der Waals surface area (Å²) in [6, 6.07) is 7.07. The maximum absolute atomic E-state index is 13.0. The number of hydrogen-bond donors (Lipinski definition) is 1. The zero-order valence-electron chi connectivity index (χ0n) is 14.0. The first-order valence-electron chi connectivity index (χ1n) is 7.39. The van der Waals surface area contributed by atoms with Gasteiger partial charge in [0.2, 0.25) is 5.78 Å². The van der Waals surface area contributed by atoms with Crippen LogP contribution in [-0.4, -0.2) is 25.0 Å². The predicted octanol–water partition coefficient (Wildman–Crippen LogP) is 3.74. The van der Waals surface area contributed by atoms with Crippen molar-refractivity contribution < 1.29 is 14.3 Å². The zero-order valence-corrected chi connectivity index (χ0v) is 14.8. The summed E-state index contributed by atoms with van der Waals surface area (Å²) in [5.74, 6) is 0.907. The minimum atomic E-state index is -0.174. The quantitative estimate of drug-likeness (QED) is 0.731. The Morgan fingerprint density at radius 1 is 1.17 bits per heavy atom. The van der Waals surface area contributed by atoms with Crippen molar-refractivity contribution in [1.29, 1.82) is 0 Å². The second-order valence-corrected chi connectivity index (χ2v) is 6.50. The summed E-state index contributed by atoms with van der Waals surface area (Å²) >= 11 is 1.31. The third-order valence-electron chi connectivity index (χ3n) is 3.88. The van der Waals surface area contributed by atoms with Gasteiger partial charge in [0, 0.05) is 17.1 Å². The molecule has 2 N–H and O–H groups in total. The van der Waals surface area contributed by atoms with Gasteiger partial charge in [-0.25, -0.2) is 4.98 Å². The van der Waals surface area contributed by atoms with Crippen LogP contribution in [0.4, 0.5) is 5.69 Å². The monoisotopic (exact) mass is 342 g/mol. The molecule has 0 spiro atoms. The van der Waals surface area contributed by atoms with Gasteiger partial charge in [-0.05, 0) is 37.6 Å². The van der Waals surface area contributed by atoms with Crippen molar-refractivity contribution in [1.82, 2.24) is 4.98 Å². The number of benzene rings is 1. The van der Waals surface area contributed by atoms with E-state index >= 15 is 0 Å². The predicted molar refractivity (Wildman–Crippen MR) is 96.5 cm³/mol. The molecule has 0 aliphatic rings. The largest absolute Gasteiger partial charge is 0.497 e. The van der Waals surface area contributed by atoms with Crippen LogP contribution in [0.1, 0.15) is 26.5 Å². The summed E-state index contributed by atoms with van der Waals surface area (Å²) in [6.07, 6.45) is 0. The molecule has 24 heavy (non-hydrogen) atoms. The SMILES string of the molecule is COc1ccc(C(=O)c2sc3nc(C)cc(C)c3c2N)c(OC)c1. The first-order valence-corrected chi connectivity index (χ1v) is 8.20. The van der Waals surface area contributed by atoms with E-state index in [1.807, 2.05) is 19.9 Å². The fraction of sp³-hybridized carbons (Fsp3) is 0.222. The van der Waals surface area contributed by atoms with E-state index in [1.165, 1.54) is 18.4 Å². The average molecular weight is 342 g/mol. The minimum Gasteiger partial charge on any atom is -0.497 e. The molecule has 0 aliphatic carbocycles. The van der Waals surface area contributed by atoms with Crippen molar-refractivity contribution in [2.45, 2.75) is 13.8 Å². The summed E-state index contributed by atoms with van der Waals surface area (Å²) < 4.78 is 10.5. The number of nitrogen functional groups attached to an aromatic ring is 1. The molecule has 0 fully saturated rings. The lowest BCUT2D eigenvalue weighted by Gasteiger charge is -2.09. The molecule has 0 bridgehead atoms. The Bertz CT molecular complexity index is 947. The first-order chi connectivity index (χ1) is 11.5. The van der Waals surface area contributed by atoms with E-state index in [2.05, 4.69) is 4.98 Å². The smallest absolute Gasteiger partial charge is 0.208 e. The molecule has 3 aromatic rings. The molecule has 5 nitrogen and oxygen atoms in total. The van der Waals surface area contributed by atoms with Crippen LogP contribution in [0.2, 0.25) is 0 Å². The molecule has 0 aliphatic heterocycles. The number of hydrogen-bond acceptors (Lipinski definition) is 6. The Morgan fingerprint density at radius 3 is 2.58 bits per heavy atom. The molecule has 6 heteroatoms. The third-order valence-corrected chi connectivity index (χ3v) is 4.98. The van der Waals surface area contributed by atoms with Gasteiger partial charge in [-0.15, -0.1) is 11.3 Å². The lowest BCUT2D eigenvalue weighted by molar-refractivity contribution is 0.104. The van der Waals surface area contributed by atoms with Crippen LogP contribution in [0, 0.1) is 13.8 Å². The molecule has 2 aromatic heterocycles. The Balaban J connectivity index is 2.16. The number of rotatable bonds is 4. The highest BCUT2D eigenvalue weighted by Crippen LogP contribution is 2.38. The molecule has 124 valence electrons. The molecule has 3 rings (SSSR count). The molecule has 0 amide bonds. The summed E-state index contributed by atoms with van der Waals surface area (Å²) in [4.78, 5) is 18.8. The van der Waals surface area contributed by atoms with Gasteiger partial charge in [-0.2, -0.15) is 0 Å². The lowest BCUT2D eigenvalue weighted by atomic mass is 10.1. The Kier molecular flexibility index (Phi) is 4.15. The van der Waals surface area contributed by atoms with Crippen LogP contribution in [0.15, 0.2) is 24.3 Å². The number of carbonyl (C=O) groups excluding carboxylic acids is 1. The highest BCUT2D eigenvalue weighted by molar-refractivity contribution is 7.21. The van der Waals surface area contributed by atoms with Gasteiger partial charge in [-0.1, -0.05) is 0 Å². The summed E-state index contributed by atoms with van der Waals surface area (Å²) in [5, 5.41) is 0.849. The number of methoxy groups -OCH3 is 2. The number of anilines is 1. The van der Waals surface area contributed by atoms with Gasteiger partial charge in [0.15, 0.2) is 0 Å². The van der Waals surface area contributed by atoms with Crippen molar-refractivity contribution in [2.24, 2.45) is 0 Å². The number of nitrogens with two attached hydrogens (primary N) is 1. The number of carbonyl (C=O) groups is 1. The van der Waals surface area contributed by atoms with E-state index in [1.54, 1.807) is 25.3 Å². The fourth-order valence-corrected chi connectivity index (χ4v) is 3.92. The third kappa shape index (κ3) is 2.59. The molecule has 0 atom stereocenters. The van der Waals surface area contributed by atoms with Crippen LogP contribution in [0.3, 0.4) is 0 Å². The lowest BCUT2D eigenvalue weighted by Crippen LogP contribution is -2.05. The molecule has 0 radical (unpaired) electrons. The van der Waals surface area contributed by atoms with Gasteiger partial charge in [0.1, 0.15) is 21.2 Å². The molecule has 0 saturated carbocycles. The topological polar surface area (TPSA) is 74.4 Å². The van der Waals surface area contributed by atoms with Crippen LogP contribution in [-0.2, 0) is 0 Å². The number of aryl methyl sites for hydroxylation is 2. The van der Waals surface area contributed by atoms with Gasteiger partial charge < -0.3 is 15.2 Å². The van der Waals surface area contributed by atoms with Crippen molar-refractivity contribution in [3.05, 3.63) is 46.0 Å². The second kappa shape index (κ2) is 6.13. The Hall–Kier alpha value is -2.60. The van der Waals surface area contributed by atoms with Gasteiger partial charge in [0.25, 0.3) is 0 Å². The van der Waals surface area contributed by atoms with E-state index in [0.717, 1.165) is 21.5 Å². The highest BCUT2D eigenvalue weighted by atomic mass is 32.1. The van der Waals surface area contributed by atoms with Crippen molar-refractivity contribution in [3.63, 3.8) is 0 Å². The first kappa shape index (κ1) is 16.3. The highest BCUT2D eigenvalue weighted by Gasteiger charge is 2.23. The number of pyridine rings is 1. The average Bonchev–Trinajstić information content (AvgIpc) is 2.90. The second-order valence-electron chi connectivity index (χ2n) is 5.50. The van der Waals surface area contributed by atoms with Gasteiger partial charge in [-0.3, -0.25) is 4.79 Å². The van der Waals surface area contributed by atoms with Crippen LogP contribution < -0.4 is 15.2 Å². The Morgan fingerprint density at radius 2 is 1.92 bits per heavy atom. The zero-order chi connectivity index (χ0) is 17.4. The van der Waals surface area contributed by atoms with Gasteiger partial charge in [0.05, 0.1) is 25.5 Å². The molecular weight excluding hydrogens is 324 g/mol. The summed E-state index contributed by atoms with van der Waals surface area (Å²) in [5.41, 5.74) is 9.11. The molecule has 0 saturated heterocycles. The van der Waals surface area contributed by atoms with E-state index in [9.17, 15) is 4.79 Å². The Labute approximate surface area is 144 Å². The minimum absolute atomic E-state index is 0.174. The van der Waals surface area contributed by atoms with Crippen molar-refractivity contribution >= 4 is 33.0 Å². The number of nitrogens with zero attached hydrogens (tertiary/aromatic N) is 1. The number of ether oxygens (including phenoxy) is 2.